The number of benzene rings is 1. The number of imidazole rings is 1. The van der Waals surface area contributed by atoms with Crippen molar-refractivity contribution in [2.45, 2.75) is 44.7 Å². The summed E-state index contributed by atoms with van der Waals surface area (Å²) in [6.45, 7) is 4.53. The van der Waals surface area contributed by atoms with Crippen molar-refractivity contribution in [3.05, 3.63) is 36.4 Å². The Morgan fingerprint density at radius 3 is 2.64 bits per heavy atom. The zero-order valence-corrected chi connectivity index (χ0v) is 17.5. The molecule has 3 aromatic heterocycles. The van der Waals surface area contributed by atoms with E-state index in [9.17, 15) is 0 Å². The quantitative estimate of drug-likeness (QED) is 0.565. The van der Waals surface area contributed by atoms with Gasteiger partial charge in [0.25, 0.3) is 0 Å². The maximum absolute atomic E-state index is 5.58. The van der Waals surface area contributed by atoms with Crippen LogP contribution in [0, 0.1) is 0 Å². The molecule has 1 saturated heterocycles. The average Bonchev–Trinajstić information content (AvgIpc) is 3.31. The fourth-order valence-electron chi connectivity index (χ4n) is 4.48. The third-order valence-electron chi connectivity index (χ3n) is 5.63. The Labute approximate surface area is 168 Å². The van der Waals surface area contributed by atoms with Crippen LogP contribution in [-0.4, -0.2) is 38.4 Å². The van der Waals surface area contributed by atoms with Gasteiger partial charge in [-0.2, -0.15) is 5.10 Å². The fraction of sp³-hybridized carbons (Fsp3) is 0.429. The molecule has 5 rings (SSSR count). The van der Waals surface area contributed by atoms with Gasteiger partial charge in [0.1, 0.15) is 11.3 Å². The molecule has 2 atom stereocenters. The molecule has 1 aromatic carbocycles. The maximum Gasteiger partial charge on any atom is 0.194 e. The van der Waals surface area contributed by atoms with Gasteiger partial charge in [-0.1, -0.05) is 11.3 Å². The Bertz CT molecular complexity index is 1120. The van der Waals surface area contributed by atoms with Gasteiger partial charge in [-0.05, 0) is 44.4 Å². The number of fused-ring (bicyclic) bond motifs is 2. The second-order valence-electron chi connectivity index (χ2n) is 8.01. The summed E-state index contributed by atoms with van der Waals surface area (Å²) >= 11 is 1.72. The van der Waals surface area contributed by atoms with Crippen molar-refractivity contribution in [1.82, 2.24) is 24.5 Å². The van der Waals surface area contributed by atoms with Gasteiger partial charge in [-0.3, -0.25) is 9.08 Å². The van der Waals surface area contributed by atoms with E-state index < -0.39 is 0 Å². The highest BCUT2D eigenvalue weighted by atomic mass is 32.1. The van der Waals surface area contributed by atoms with Crippen molar-refractivity contribution in [1.29, 1.82) is 0 Å². The van der Waals surface area contributed by atoms with Crippen LogP contribution >= 0.6 is 11.3 Å². The number of hydrogen-bond donors (Lipinski definition) is 1. The lowest BCUT2D eigenvalue weighted by atomic mass is 9.87. The molecule has 146 valence electrons. The lowest BCUT2D eigenvalue weighted by Gasteiger charge is -2.32. The summed E-state index contributed by atoms with van der Waals surface area (Å²) in [5.41, 5.74) is 3.25. The Balaban J connectivity index is 1.51. The number of aryl methyl sites for hydroxylation is 1. The van der Waals surface area contributed by atoms with Crippen LogP contribution in [0.25, 0.3) is 26.3 Å². The van der Waals surface area contributed by atoms with Crippen molar-refractivity contribution in [2.24, 2.45) is 7.05 Å². The molecule has 1 aliphatic rings. The lowest BCUT2D eigenvalue weighted by Crippen LogP contribution is -2.41. The third kappa shape index (κ3) is 2.99. The normalized spacial score (nSPS) is 22.9. The minimum Gasteiger partial charge on any atom is -0.494 e. The first-order valence-electron chi connectivity index (χ1n) is 9.76. The van der Waals surface area contributed by atoms with Crippen LogP contribution in [-0.2, 0) is 7.05 Å². The van der Waals surface area contributed by atoms with Gasteiger partial charge in [0.2, 0.25) is 0 Å². The first-order chi connectivity index (χ1) is 13.5. The summed E-state index contributed by atoms with van der Waals surface area (Å²) in [5, 5.41) is 9.20. The zero-order chi connectivity index (χ0) is 19.4. The summed E-state index contributed by atoms with van der Waals surface area (Å²) in [4.78, 5) is 7.20. The second kappa shape index (κ2) is 6.60. The Morgan fingerprint density at radius 1 is 1.14 bits per heavy atom. The van der Waals surface area contributed by atoms with Crippen LogP contribution in [0.4, 0.5) is 0 Å². The molecule has 4 heterocycles. The molecule has 6 nitrogen and oxygen atoms in total. The highest BCUT2D eigenvalue weighted by molar-refractivity contribution is 7.20. The highest BCUT2D eigenvalue weighted by Crippen LogP contribution is 2.36. The maximum atomic E-state index is 5.58. The predicted molar refractivity (Wildman–Crippen MR) is 113 cm³/mol. The second-order valence-corrected chi connectivity index (χ2v) is 9.02. The number of thiazole rings is 1. The van der Waals surface area contributed by atoms with Crippen LogP contribution < -0.4 is 10.1 Å². The van der Waals surface area contributed by atoms with Crippen molar-refractivity contribution < 1.29 is 4.74 Å². The number of ether oxygens (including phenoxy) is 1. The fourth-order valence-corrected chi connectivity index (χ4v) is 5.44. The molecule has 4 aromatic rings. The molecule has 1 aliphatic heterocycles. The van der Waals surface area contributed by atoms with Gasteiger partial charge in [-0.15, -0.1) is 0 Å². The minimum atomic E-state index is 0.536. The molecular formula is C21H25N5OS. The van der Waals surface area contributed by atoms with Gasteiger partial charge in [0, 0.05) is 49.0 Å². The van der Waals surface area contributed by atoms with E-state index >= 15 is 0 Å². The smallest absolute Gasteiger partial charge is 0.194 e. The molecule has 7 heteroatoms. The van der Waals surface area contributed by atoms with Gasteiger partial charge in [0.05, 0.1) is 17.7 Å². The van der Waals surface area contributed by atoms with Crippen LogP contribution in [0.1, 0.15) is 38.3 Å². The number of hydrogen-bond acceptors (Lipinski definition) is 5. The molecule has 28 heavy (non-hydrogen) atoms. The van der Waals surface area contributed by atoms with E-state index in [1.807, 2.05) is 17.9 Å². The third-order valence-corrected chi connectivity index (χ3v) is 6.68. The molecule has 0 radical (unpaired) electrons. The van der Waals surface area contributed by atoms with Crippen LogP contribution in [0.3, 0.4) is 0 Å². The zero-order valence-electron chi connectivity index (χ0n) is 16.6. The first-order valence-corrected chi connectivity index (χ1v) is 10.6. The molecule has 0 spiro atoms. The minimum absolute atomic E-state index is 0.536. The van der Waals surface area contributed by atoms with Gasteiger partial charge in [0.15, 0.2) is 4.96 Å². The summed E-state index contributed by atoms with van der Waals surface area (Å²) in [7, 11) is 3.63. The number of nitrogens with zero attached hydrogens (tertiary/aromatic N) is 4. The molecule has 0 aliphatic carbocycles. The summed E-state index contributed by atoms with van der Waals surface area (Å²) in [6.07, 6.45) is 8.72. The number of nitrogens with one attached hydrogen (secondary N) is 1. The Kier molecular flexibility index (Phi) is 4.17. The van der Waals surface area contributed by atoms with Gasteiger partial charge in [-0.25, -0.2) is 4.98 Å². The predicted octanol–water partition coefficient (Wildman–Crippen LogP) is 4.20. The van der Waals surface area contributed by atoms with Gasteiger partial charge < -0.3 is 10.1 Å². The van der Waals surface area contributed by atoms with E-state index in [2.05, 4.69) is 53.2 Å². The molecule has 0 amide bonds. The largest absolute Gasteiger partial charge is 0.494 e. The Hall–Kier alpha value is -2.38. The summed E-state index contributed by atoms with van der Waals surface area (Å²) in [5.74, 6) is 1.34. The Morgan fingerprint density at radius 2 is 1.93 bits per heavy atom. The van der Waals surface area contributed by atoms with E-state index in [0.29, 0.717) is 18.0 Å². The molecular weight excluding hydrogens is 370 g/mol. The van der Waals surface area contributed by atoms with Crippen LogP contribution in [0.2, 0.25) is 0 Å². The van der Waals surface area contributed by atoms with Crippen molar-refractivity contribution in [3.63, 3.8) is 0 Å². The monoisotopic (exact) mass is 395 g/mol. The SMILES string of the molecule is COc1cc(-c2cn3cc(C4C[C@H](C)N[C@@H](C)C4)nc3s2)cc2cn(C)nc12. The van der Waals surface area contributed by atoms with E-state index in [-0.39, 0.29) is 0 Å². The number of rotatable bonds is 3. The number of aromatic nitrogens is 4. The van der Waals surface area contributed by atoms with E-state index in [4.69, 9.17) is 9.72 Å². The number of piperidine rings is 1. The van der Waals surface area contributed by atoms with E-state index in [1.165, 1.54) is 10.6 Å². The molecule has 0 unspecified atom stereocenters. The average molecular weight is 396 g/mol. The topological polar surface area (TPSA) is 56.4 Å². The molecule has 0 bridgehead atoms. The first kappa shape index (κ1) is 17.7. The molecule has 0 saturated carbocycles. The summed E-state index contributed by atoms with van der Waals surface area (Å²) in [6, 6.07) is 5.33. The lowest BCUT2D eigenvalue weighted by molar-refractivity contribution is 0.314. The van der Waals surface area contributed by atoms with Crippen LogP contribution in [0.15, 0.2) is 30.7 Å². The van der Waals surface area contributed by atoms with Gasteiger partial charge >= 0.3 is 0 Å². The van der Waals surface area contributed by atoms with E-state index in [1.54, 1.807) is 18.4 Å². The highest BCUT2D eigenvalue weighted by Gasteiger charge is 2.26. The van der Waals surface area contributed by atoms with Crippen LogP contribution in [0.5, 0.6) is 5.75 Å². The standard InChI is InChI=1S/C21H25N5OS/c1-12-5-14(6-13(2)22-12)17-10-26-11-19(28-21(26)23-17)15-7-16-9-25(3)24-20(16)18(8-15)27-4/h7-14,22H,5-6H2,1-4H3/t12-,13-/m0/s1. The molecule has 1 N–H and O–H groups in total. The molecule has 1 fully saturated rings. The number of methoxy groups -OCH3 is 1. The van der Waals surface area contributed by atoms with Crippen molar-refractivity contribution >= 4 is 27.2 Å². The van der Waals surface area contributed by atoms with Crippen molar-refractivity contribution in [2.75, 3.05) is 7.11 Å². The van der Waals surface area contributed by atoms with E-state index in [0.717, 1.165) is 40.0 Å². The summed E-state index contributed by atoms with van der Waals surface area (Å²) < 4.78 is 9.58. The van der Waals surface area contributed by atoms with Crippen molar-refractivity contribution in [3.8, 4) is 16.2 Å².